The molecule has 0 aromatic heterocycles. The van der Waals surface area contributed by atoms with E-state index in [1.54, 1.807) is 0 Å². The number of hydrogen-bond donors (Lipinski definition) is 1. The third kappa shape index (κ3) is 5.00. The van der Waals surface area contributed by atoms with Gasteiger partial charge in [0.15, 0.2) is 0 Å². The Bertz CT molecular complexity index is 339. The molecule has 17 heavy (non-hydrogen) atoms. The Labute approximate surface area is 109 Å². The van der Waals surface area contributed by atoms with Crippen molar-refractivity contribution >= 4 is 11.8 Å². The van der Waals surface area contributed by atoms with Gasteiger partial charge in [-0.3, -0.25) is 0 Å². The molecule has 0 heterocycles. The Morgan fingerprint density at radius 2 is 2.12 bits per heavy atom. The lowest BCUT2D eigenvalue weighted by Gasteiger charge is -2.15. The fraction of sp³-hybridized carbons (Fsp3) is 0.571. The second-order valence-electron chi connectivity index (χ2n) is 4.44. The number of thioether (sulfide) groups is 1. The van der Waals surface area contributed by atoms with Gasteiger partial charge in [0.2, 0.25) is 0 Å². The molecule has 3 heteroatoms. The zero-order chi connectivity index (χ0) is 12.7. The van der Waals surface area contributed by atoms with Gasteiger partial charge in [0.05, 0.1) is 6.61 Å². The van der Waals surface area contributed by atoms with Gasteiger partial charge < -0.3 is 10.1 Å². The van der Waals surface area contributed by atoms with Gasteiger partial charge in [-0.05, 0) is 18.7 Å². The molecule has 1 aromatic carbocycles. The summed E-state index contributed by atoms with van der Waals surface area (Å²) in [7, 11) is 0. The van der Waals surface area contributed by atoms with Crippen molar-refractivity contribution in [1.82, 2.24) is 5.32 Å². The first-order valence-corrected chi connectivity index (χ1v) is 7.48. The number of rotatable bonds is 7. The van der Waals surface area contributed by atoms with Crippen molar-refractivity contribution in [3.63, 3.8) is 0 Å². The van der Waals surface area contributed by atoms with Crippen molar-refractivity contribution in [2.24, 2.45) is 0 Å². The summed E-state index contributed by atoms with van der Waals surface area (Å²) in [5.74, 6) is 2.08. The van der Waals surface area contributed by atoms with Gasteiger partial charge in [-0.25, -0.2) is 0 Å². The molecule has 0 atom stereocenters. The second-order valence-corrected chi connectivity index (χ2v) is 5.43. The molecule has 1 aromatic rings. The van der Waals surface area contributed by atoms with E-state index in [2.05, 4.69) is 50.5 Å². The lowest BCUT2D eigenvalue weighted by Crippen LogP contribution is -2.22. The topological polar surface area (TPSA) is 21.3 Å². The van der Waals surface area contributed by atoms with Gasteiger partial charge >= 0.3 is 0 Å². The van der Waals surface area contributed by atoms with Crippen LogP contribution in [0.5, 0.6) is 5.75 Å². The van der Waals surface area contributed by atoms with Crippen molar-refractivity contribution in [3.8, 4) is 5.75 Å². The maximum atomic E-state index is 5.88. The highest BCUT2D eigenvalue weighted by Crippen LogP contribution is 2.23. The normalized spacial score (nSPS) is 10.9. The molecule has 0 aliphatic rings. The van der Waals surface area contributed by atoms with Crippen molar-refractivity contribution in [2.45, 2.75) is 33.4 Å². The van der Waals surface area contributed by atoms with Gasteiger partial charge in [-0.15, -0.1) is 0 Å². The van der Waals surface area contributed by atoms with Crippen LogP contribution in [0, 0.1) is 6.92 Å². The summed E-state index contributed by atoms with van der Waals surface area (Å²) in [6, 6.07) is 6.83. The highest BCUT2D eigenvalue weighted by molar-refractivity contribution is 7.98. The molecule has 0 aliphatic carbocycles. The Hall–Kier alpha value is -0.670. The fourth-order valence-electron chi connectivity index (χ4n) is 1.60. The monoisotopic (exact) mass is 253 g/mol. The molecule has 0 unspecified atom stereocenters. The minimum Gasteiger partial charge on any atom is -0.492 e. The van der Waals surface area contributed by atoms with Crippen molar-refractivity contribution in [3.05, 3.63) is 29.3 Å². The molecular weight excluding hydrogens is 230 g/mol. The van der Waals surface area contributed by atoms with Crippen LogP contribution < -0.4 is 10.1 Å². The SMILES string of the molecule is CSCCOc1c(C)cccc1CNC(C)C. The number of nitrogens with one attached hydrogen (secondary N) is 1. The Morgan fingerprint density at radius 1 is 1.35 bits per heavy atom. The highest BCUT2D eigenvalue weighted by Gasteiger charge is 2.07. The minimum atomic E-state index is 0.495. The highest BCUT2D eigenvalue weighted by atomic mass is 32.2. The van der Waals surface area contributed by atoms with Crippen molar-refractivity contribution < 1.29 is 4.74 Å². The maximum absolute atomic E-state index is 5.88. The Balaban J connectivity index is 2.69. The third-order valence-electron chi connectivity index (χ3n) is 2.53. The second kappa shape index (κ2) is 7.62. The summed E-state index contributed by atoms with van der Waals surface area (Å²) < 4.78 is 5.88. The van der Waals surface area contributed by atoms with Gasteiger partial charge in [-0.1, -0.05) is 32.0 Å². The first-order valence-electron chi connectivity index (χ1n) is 6.08. The number of hydrogen-bond acceptors (Lipinski definition) is 3. The van der Waals surface area contributed by atoms with Crippen molar-refractivity contribution in [2.75, 3.05) is 18.6 Å². The first-order chi connectivity index (χ1) is 8.15. The molecule has 0 amide bonds. The van der Waals surface area contributed by atoms with Gasteiger partial charge in [0, 0.05) is 23.9 Å². The first kappa shape index (κ1) is 14.4. The zero-order valence-corrected chi connectivity index (χ0v) is 12.1. The van der Waals surface area contributed by atoms with Crippen LogP contribution >= 0.6 is 11.8 Å². The molecule has 0 aliphatic heterocycles. The average Bonchev–Trinajstić information content (AvgIpc) is 2.29. The molecule has 96 valence electrons. The van der Waals surface area contributed by atoms with E-state index in [9.17, 15) is 0 Å². The molecule has 0 saturated heterocycles. The summed E-state index contributed by atoms with van der Waals surface area (Å²) in [6.45, 7) is 8.07. The molecule has 1 N–H and O–H groups in total. The van der Waals surface area contributed by atoms with E-state index in [1.807, 2.05) is 11.8 Å². The number of para-hydroxylation sites is 1. The molecule has 2 nitrogen and oxygen atoms in total. The van der Waals surface area contributed by atoms with Crippen LogP contribution in [-0.2, 0) is 6.54 Å². The Morgan fingerprint density at radius 3 is 2.76 bits per heavy atom. The molecule has 0 bridgehead atoms. The predicted octanol–water partition coefficient (Wildman–Crippen LogP) is 3.23. The lowest BCUT2D eigenvalue weighted by molar-refractivity contribution is 0.336. The van der Waals surface area contributed by atoms with E-state index in [0.29, 0.717) is 6.04 Å². The summed E-state index contributed by atoms with van der Waals surface area (Å²) >= 11 is 1.81. The van der Waals surface area contributed by atoms with E-state index < -0.39 is 0 Å². The predicted molar refractivity (Wildman–Crippen MR) is 77.0 cm³/mol. The number of aryl methyl sites for hydroxylation is 1. The minimum absolute atomic E-state index is 0.495. The summed E-state index contributed by atoms with van der Waals surface area (Å²) in [5, 5.41) is 3.43. The van der Waals surface area contributed by atoms with Crippen LogP contribution in [0.1, 0.15) is 25.0 Å². The van der Waals surface area contributed by atoms with Crippen LogP contribution in [0.3, 0.4) is 0 Å². The summed E-state index contributed by atoms with van der Waals surface area (Å²) in [5.41, 5.74) is 2.47. The van der Waals surface area contributed by atoms with Crippen molar-refractivity contribution in [1.29, 1.82) is 0 Å². The van der Waals surface area contributed by atoms with Gasteiger partial charge in [-0.2, -0.15) is 11.8 Å². The molecule has 0 saturated carbocycles. The van der Waals surface area contributed by atoms with E-state index in [0.717, 1.165) is 24.7 Å². The van der Waals surface area contributed by atoms with Gasteiger partial charge in [0.1, 0.15) is 5.75 Å². The third-order valence-corrected chi connectivity index (χ3v) is 3.10. The average molecular weight is 253 g/mol. The Kier molecular flexibility index (Phi) is 6.45. The van der Waals surface area contributed by atoms with Crippen LogP contribution in [0.2, 0.25) is 0 Å². The van der Waals surface area contributed by atoms with Crippen LogP contribution in [0.15, 0.2) is 18.2 Å². The molecule has 1 rings (SSSR count). The largest absolute Gasteiger partial charge is 0.492 e. The van der Waals surface area contributed by atoms with Crippen LogP contribution in [0.25, 0.3) is 0 Å². The smallest absolute Gasteiger partial charge is 0.126 e. The number of ether oxygens (including phenoxy) is 1. The molecule has 0 fully saturated rings. The maximum Gasteiger partial charge on any atom is 0.126 e. The summed E-state index contributed by atoms with van der Waals surface area (Å²) in [6.07, 6.45) is 2.10. The van der Waals surface area contributed by atoms with E-state index in [1.165, 1.54) is 11.1 Å². The summed E-state index contributed by atoms with van der Waals surface area (Å²) in [4.78, 5) is 0. The fourth-order valence-corrected chi connectivity index (χ4v) is 1.85. The van der Waals surface area contributed by atoms with E-state index in [4.69, 9.17) is 4.74 Å². The van der Waals surface area contributed by atoms with Gasteiger partial charge in [0.25, 0.3) is 0 Å². The van der Waals surface area contributed by atoms with E-state index >= 15 is 0 Å². The standard InChI is InChI=1S/C14H23NOS/c1-11(2)15-10-13-7-5-6-12(3)14(13)16-8-9-17-4/h5-7,11,15H,8-10H2,1-4H3. The molecule has 0 spiro atoms. The molecular formula is C14H23NOS. The quantitative estimate of drug-likeness (QED) is 0.754. The molecule has 0 radical (unpaired) electrons. The lowest BCUT2D eigenvalue weighted by atomic mass is 10.1. The van der Waals surface area contributed by atoms with Crippen LogP contribution in [-0.4, -0.2) is 24.7 Å². The number of benzene rings is 1. The zero-order valence-electron chi connectivity index (χ0n) is 11.2. The van der Waals surface area contributed by atoms with Crippen LogP contribution in [0.4, 0.5) is 0 Å². The van der Waals surface area contributed by atoms with E-state index in [-0.39, 0.29) is 0 Å².